The van der Waals surface area contributed by atoms with E-state index in [1.54, 1.807) is 48.7 Å². The van der Waals surface area contributed by atoms with E-state index in [0.717, 1.165) is 22.6 Å². The fourth-order valence-electron chi connectivity index (χ4n) is 3.25. The van der Waals surface area contributed by atoms with Gasteiger partial charge >= 0.3 is 6.03 Å². The Morgan fingerprint density at radius 1 is 0.941 bits per heavy atom. The number of hydrogen-bond acceptors (Lipinski definition) is 2. The van der Waals surface area contributed by atoms with Gasteiger partial charge < -0.3 is 15.2 Å². The molecule has 2 N–H and O–H groups in total. The predicted octanol–water partition coefficient (Wildman–Crippen LogP) is 7.77. The van der Waals surface area contributed by atoms with Gasteiger partial charge in [0.2, 0.25) is 0 Å². The summed E-state index contributed by atoms with van der Waals surface area (Å²) >= 11 is 12.4. The van der Waals surface area contributed by atoms with Crippen molar-refractivity contribution in [3.63, 3.8) is 0 Å². The topological polar surface area (TPSA) is 59.0 Å². The second kappa shape index (κ2) is 11.2. The molecule has 0 aliphatic carbocycles. The smallest absolute Gasteiger partial charge is 0.323 e. The minimum absolute atomic E-state index is 0. The number of carbonyl (C=O) groups is 1. The molecule has 0 spiro atoms. The van der Waals surface area contributed by atoms with Crippen molar-refractivity contribution in [3.05, 3.63) is 100 Å². The molecule has 34 heavy (non-hydrogen) atoms. The Labute approximate surface area is 212 Å². The summed E-state index contributed by atoms with van der Waals surface area (Å²) in [6.07, 6.45) is 5.44. The molecule has 0 radical (unpaired) electrons. The molecular formula is C25H20Cl3FN4O. The van der Waals surface area contributed by atoms with Crippen molar-refractivity contribution in [1.82, 2.24) is 9.55 Å². The molecule has 9 heteroatoms. The van der Waals surface area contributed by atoms with Crippen molar-refractivity contribution in [3.8, 4) is 11.3 Å². The van der Waals surface area contributed by atoms with Crippen LogP contribution in [0.2, 0.25) is 10.0 Å². The van der Waals surface area contributed by atoms with Gasteiger partial charge in [-0.1, -0.05) is 53.5 Å². The number of aromatic nitrogens is 2. The summed E-state index contributed by atoms with van der Waals surface area (Å²) in [5.74, 6) is 0.230. The first kappa shape index (κ1) is 25.3. The summed E-state index contributed by atoms with van der Waals surface area (Å²) in [7, 11) is 1.91. The van der Waals surface area contributed by atoms with E-state index in [1.807, 2.05) is 35.9 Å². The molecule has 0 atom stereocenters. The van der Waals surface area contributed by atoms with Gasteiger partial charge in [0.1, 0.15) is 11.6 Å². The van der Waals surface area contributed by atoms with Gasteiger partial charge in [-0.05, 0) is 54.1 Å². The number of amides is 2. The van der Waals surface area contributed by atoms with Crippen molar-refractivity contribution in [2.24, 2.45) is 7.05 Å². The average molecular weight is 518 g/mol. The summed E-state index contributed by atoms with van der Waals surface area (Å²) < 4.78 is 15.6. The van der Waals surface area contributed by atoms with Gasteiger partial charge in [-0.3, -0.25) is 0 Å². The zero-order valence-electron chi connectivity index (χ0n) is 17.9. The monoisotopic (exact) mass is 516 g/mol. The van der Waals surface area contributed by atoms with Crippen molar-refractivity contribution in [1.29, 1.82) is 0 Å². The molecule has 0 saturated heterocycles. The van der Waals surface area contributed by atoms with Crippen LogP contribution in [0.1, 0.15) is 11.4 Å². The summed E-state index contributed by atoms with van der Waals surface area (Å²) in [6, 6.07) is 18.1. The van der Waals surface area contributed by atoms with E-state index >= 15 is 0 Å². The van der Waals surface area contributed by atoms with E-state index in [9.17, 15) is 9.18 Å². The third kappa shape index (κ3) is 5.78. The van der Waals surface area contributed by atoms with Gasteiger partial charge in [0.05, 0.1) is 17.6 Å². The number of urea groups is 1. The van der Waals surface area contributed by atoms with E-state index in [4.69, 9.17) is 23.2 Å². The molecule has 0 aliphatic heterocycles. The summed E-state index contributed by atoms with van der Waals surface area (Å²) in [5.41, 5.74) is 3.22. The van der Waals surface area contributed by atoms with Gasteiger partial charge in [-0.2, -0.15) is 0 Å². The van der Waals surface area contributed by atoms with Crippen LogP contribution in [0.25, 0.3) is 23.4 Å². The van der Waals surface area contributed by atoms with E-state index < -0.39 is 11.8 Å². The van der Waals surface area contributed by atoms with Crippen molar-refractivity contribution >= 4 is 65.2 Å². The maximum atomic E-state index is 13.7. The third-order valence-electron chi connectivity index (χ3n) is 4.98. The van der Waals surface area contributed by atoms with Crippen LogP contribution in [0, 0.1) is 5.82 Å². The Balaban J connectivity index is 0.00000324. The minimum Gasteiger partial charge on any atom is -0.328 e. The highest BCUT2D eigenvalue weighted by Crippen LogP contribution is 2.27. The third-order valence-corrected chi connectivity index (χ3v) is 5.64. The molecule has 1 aromatic heterocycles. The number of nitrogens with one attached hydrogen (secondary N) is 2. The molecule has 4 rings (SSSR count). The molecule has 5 nitrogen and oxygen atoms in total. The molecule has 0 fully saturated rings. The molecule has 174 valence electrons. The predicted molar refractivity (Wildman–Crippen MR) is 140 cm³/mol. The van der Waals surface area contributed by atoms with Gasteiger partial charge in [-0.25, -0.2) is 14.2 Å². The van der Waals surface area contributed by atoms with Crippen LogP contribution >= 0.6 is 35.6 Å². The lowest BCUT2D eigenvalue weighted by Gasteiger charge is -2.09. The fraction of sp³-hybridized carbons (Fsp3) is 0.0400. The largest absolute Gasteiger partial charge is 0.328 e. The second-order valence-electron chi connectivity index (χ2n) is 7.17. The van der Waals surface area contributed by atoms with E-state index in [0.29, 0.717) is 15.7 Å². The van der Waals surface area contributed by atoms with E-state index in [2.05, 4.69) is 15.6 Å². The first-order chi connectivity index (χ1) is 15.9. The SMILES string of the molecule is Cl.Cn1c(-c2ccc(NC(=O)Nc3ccccc3F)cc2)cnc1/C=C/c1c(Cl)cccc1Cl. The first-order valence-corrected chi connectivity index (χ1v) is 10.7. The normalized spacial score (nSPS) is 10.7. The van der Waals surface area contributed by atoms with Gasteiger partial charge in [0, 0.05) is 28.3 Å². The molecule has 3 aromatic carbocycles. The number of carbonyl (C=O) groups excluding carboxylic acids is 1. The molecule has 0 bridgehead atoms. The molecule has 4 aromatic rings. The Morgan fingerprint density at radius 2 is 1.62 bits per heavy atom. The number of nitrogens with zero attached hydrogens (tertiary/aromatic N) is 2. The zero-order chi connectivity index (χ0) is 23.4. The van der Waals surface area contributed by atoms with Crippen LogP contribution in [0.5, 0.6) is 0 Å². The standard InChI is InChI=1S/C25H19Cl2FN4O.ClH/c1-32-23(15-29-24(32)14-13-18-19(26)5-4-6-20(18)27)16-9-11-17(12-10-16)30-25(33)31-22-8-3-2-7-21(22)28;/h2-15H,1H3,(H2,30,31,33);1H/b14-13+;. The van der Waals surface area contributed by atoms with E-state index in [1.165, 1.54) is 12.1 Å². The van der Waals surface area contributed by atoms with Crippen LogP contribution in [0.3, 0.4) is 0 Å². The van der Waals surface area contributed by atoms with Crippen LogP contribution < -0.4 is 10.6 Å². The minimum atomic E-state index is -0.529. The maximum Gasteiger partial charge on any atom is 0.323 e. The number of para-hydroxylation sites is 1. The highest BCUT2D eigenvalue weighted by molar-refractivity contribution is 6.37. The van der Waals surface area contributed by atoms with Crippen LogP contribution in [0.15, 0.2) is 72.9 Å². The first-order valence-electron chi connectivity index (χ1n) is 9.99. The average Bonchev–Trinajstić information content (AvgIpc) is 3.16. The Hall–Kier alpha value is -3.32. The highest BCUT2D eigenvalue weighted by Gasteiger charge is 2.10. The Kier molecular flexibility index (Phi) is 8.34. The van der Waals surface area contributed by atoms with Crippen LogP contribution in [0.4, 0.5) is 20.6 Å². The zero-order valence-corrected chi connectivity index (χ0v) is 20.3. The Morgan fingerprint density at radius 3 is 2.29 bits per heavy atom. The highest BCUT2D eigenvalue weighted by atomic mass is 35.5. The van der Waals surface area contributed by atoms with Crippen molar-refractivity contribution in [2.75, 3.05) is 10.6 Å². The van der Waals surface area contributed by atoms with E-state index in [-0.39, 0.29) is 18.1 Å². The molecule has 2 amide bonds. The van der Waals surface area contributed by atoms with Crippen LogP contribution in [-0.2, 0) is 7.05 Å². The van der Waals surface area contributed by atoms with Gasteiger partial charge in [0.25, 0.3) is 0 Å². The molecule has 0 saturated carbocycles. The van der Waals surface area contributed by atoms with Gasteiger partial charge in [-0.15, -0.1) is 12.4 Å². The molecule has 0 aliphatic rings. The maximum absolute atomic E-state index is 13.7. The van der Waals surface area contributed by atoms with Crippen molar-refractivity contribution < 1.29 is 9.18 Å². The second-order valence-corrected chi connectivity index (χ2v) is 7.98. The molecule has 0 unspecified atom stereocenters. The number of anilines is 2. The lowest BCUT2D eigenvalue weighted by molar-refractivity contribution is 0.262. The van der Waals surface area contributed by atoms with Crippen molar-refractivity contribution in [2.45, 2.75) is 0 Å². The quantitative estimate of drug-likeness (QED) is 0.284. The van der Waals surface area contributed by atoms with Crippen LogP contribution in [-0.4, -0.2) is 15.6 Å². The molecular weight excluding hydrogens is 498 g/mol. The molecule has 1 heterocycles. The lowest BCUT2D eigenvalue weighted by Crippen LogP contribution is -2.20. The number of benzene rings is 3. The summed E-state index contributed by atoms with van der Waals surface area (Å²) in [5, 5.41) is 6.31. The number of imidazole rings is 1. The Bertz CT molecular complexity index is 1320. The summed E-state index contributed by atoms with van der Waals surface area (Å²) in [6.45, 7) is 0. The van der Waals surface area contributed by atoms with Gasteiger partial charge in [0.15, 0.2) is 0 Å². The number of rotatable bonds is 5. The number of hydrogen-bond donors (Lipinski definition) is 2. The summed E-state index contributed by atoms with van der Waals surface area (Å²) in [4.78, 5) is 16.6. The number of halogens is 4. The fourth-order valence-corrected chi connectivity index (χ4v) is 3.77. The lowest BCUT2D eigenvalue weighted by atomic mass is 10.1.